The topological polar surface area (TPSA) is 285 Å². The second-order valence-electron chi connectivity index (χ2n) is 29.6. The summed E-state index contributed by atoms with van der Waals surface area (Å²) in [6, 6.07) is 38.2. The van der Waals surface area contributed by atoms with Gasteiger partial charge in [0, 0.05) is 77.0 Å². The van der Waals surface area contributed by atoms with E-state index < -0.39 is 16.8 Å². The summed E-state index contributed by atoms with van der Waals surface area (Å²) in [5, 5.41) is 54.6. The lowest BCUT2D eigenvalue weighted by atomic mass is 9.88. The fourth-order valence-corrected chi connectivity index (χ4v) is 15.5. The number of aryl methyl sites for hydroxylation is 5. The lowest BCUT2D eigenvalue weighted by Crippen LogP contribution is -2.26. The zero-order valence-electron chi connectivity index (χ0n) is 70.1. The average molecular weight is 1890 g/mol. The van der Waals surface area contributed by atoms with E-state index in [-0.39, 0.29) is 67.1 Å². The van der Waals surface area contributed by atoms with Gasteiger partial charge in [0.2, 0.25) is 17.3 Å². The van der Waals surface area contributed by atoms with Crippen LogP contribution in [0.3, 0.4) is 0 Å². The molecule has 0 atom stereocenters. The fraction of sp³-hybridized carbons (Fsp3) is 0.363. The van der Waals surface area contributed by atoms with Crippen molar-refractivity contribution in [2.45, 2.75) is 175 Å². The number of likely N-dealkylation sites (N-methyl/N-ethyl adjacent to an activating group) is 2. The number of carboxylic acid groups (broad SMARTS) is 1. The van der Waals surface area contributed by atoms with Gasteiger partial charge in [-0.25, -0.2) is 4.79 Å². The number of amides is 3. The maximum atomic E-state index is 12.6. The Hall–Kier alpha value is -9.03. The fourth-order valence-electron chi connectivity index (χ4n) is 14.1. The first-order valence-electron chi connectivity index (χ1n) is 38.8. The molecular formula is C91H111BCl3I2N9O12. The van der Waals surface area contributed by atoms with Gasteiger partial charge < -0.3 is 63.9 Å². The van der Waals surface area contributed by atoms with E-state index in [0.29, 0.717) is 68.7 Å². The predicted octanol–water partition coefficient (Wildman–Crippen LogP) is 22.7. The SMILES string of the molecule is C.C.CNC(=O)c1onc(-c2cc(C(C)C)c(C)cc2C)c1-c1ccc2c(c1)CCN(C)C2.CNC(=O)c1onc(-c2cc(C(C)C)c(C)cc2C)c1I.CNC(=O)c1onc(-c2cc(C(C)C)c(O)cc2O)c1-c1ccc2c(c1)CCN(C)C2.Cc1cc(OCc2ccccc2)c(-c2noc(C(=O)O)c2I)cc1C(C)C.ClB(Cl)Cl.[2H]CC. The van der Waals surface area contributed by atoms with Crippen LogP contribution in [0.2, 0.25) is 0 Å². The molecule has 0 unspecified atom stereocenters. The minimum atomic E-state index is -1.14. The summed E-state index contributed by atoms with van der Waals surface area (Å²) in [5.74, 6) is 0.132. The molecule has 11 aromatic rings. The summed E-state index contributed by atoms with van der Waals surface area (Å²) in [4.78, 5) is 52.1. The summed E-state index contributed by atoms with van der Waals surface area (Å²) >= 11 is 18.5. The summed E-state index contributed by atoms with van der Waals surface area (Å²) in [6.07, 6.45) is 1.91. The molecule has 0 aliphatic carbocycles. The largest absolute Gasteiger partial charge is 0.508 e. The van der Waals surface area contributed by atoms with Gasteiger partial charge in [-0.1, -0.05) is 184 Å². The van der Waals surface area contributed by atoms with E-state index in [1.54, 1.807) is 27.1 Å². The number of carbonyl (C=O) groups is 4. The minimum Gasteiger partial charge on any atom is -0.508 e. The number of hydrogen-bond acceptors (Lipinski definition) is 17. The van der Waals surface area contributed by atoms with Crippen molar-refractivity contribution in [3.05, 3.63) is 223 Å². The number of phenolic OH excluding ortho intramolecular Hbond substituents is 2. The Balaban J connectivity index is 0.000000240. The number of ether oxygens (including phenoxy) is 1. The highest BCUT2D eigenvalue weighted by atomic mass is 127. The summed E-state index contributed by atoms with van der Waals surface area (Å²) in [5.41, 5.74) is 25.1. The van der Waals surface area contributed by atoms with Crippen LogP contribution in [0.1, 0.15) is 229 Å². The normalized spacial score (nSPS) is 12.2. The number of fused-ring (bicyclic) bond motifs is 2. The van der Waals surface area contributed by atoms with Crippen LogP contribution >= 0.6 is 79.6 Å². The van der Waals surface area contributed by atoms with Crippen LogP contribution in [-0.4, -0.2) is 123 Å². The maximum absolute atomic E-state index is 12.6. The number of carboxylic acids is 1. The lowest BCUT2D eigenvalue weighted by Gasteiger charge is -2.25. The lowest BCUT2D eigenvalue weighted by molar-refractivity contribution is 0.0649. The number of aromatic nitrogens is 4. The van der Waals surface area contributed by atoms with E-state index in [2.05, 4.69) is 207 Å². The van der Waals surface area contributed by atoms with Crippen LogP contribution in [-0.2, 0) is 32.5 Å². The first kappa shape index (κ1) is 96.1. The van der Waals surface area contributed by atoms with Crippen LogP contribution in [0.4, 0.5) is 0 Å². The van der Waals surface area contributed by atoms with Crippen LogP contribution < -0.4 is 20.7 Å². The number of benzene rings is 7. The van der Waals surface area contributed by atoms with Gasteiger partial charge in [-0.15, -0.1) is 0 Å². The van der Waals surface area contributed by atoms with E-state index in [1.807, 2.05) is 91.9 Å². The zero-order chi connectivity index (χ0) is 86.1. The van der Waals surface area contributed by atoms with Crippen molar-refractivity contribution in [3.63, 3.8) is 0 Å². The molecule has 3 amide bonds. The third kappa shape index (κ3) is 23.5. The average Bonchev–Trinajstić information content (AvgIpc) is 1.66. The van der Waals surface area contributed by atoms with E-state index in [4.69, 9.17) is 58.6 Å². The third-order valence-electron chi connectivity index (χ3n) is 20.0. The van der Waals surface area contributed by atoms with Gasteiger partial charge in [0.25, 0.3) is 23.5 Å². The van der Waals surface area contributed by atoms with Gasteiger partial charge >= 0.3 is 10.9 Å². The Morgan fingerprint density at radius 1 is 0.500 bits per heavy atom. The molecule has 0 bridgehead atoms. The Bertz CT molecular complexity index is 5150. The molecule has 21 nitrogen and oxygen atoms in total. The molecular weight excluding hydrogens is 1780 g/mol. The maximum Gasteiger partial charge on any atom is 0.450 e. The number of hydrogen-bond donors (Lipinski definition) is 6. The molecule has 0 saturated carbocycles. The molecule has 0 fully saturated rings. The first-order chi connectivity index (χ1) is 55.5. The number of nitrogens with zero attached hydrogens (tertiary/aromatic N) is 6. The Kier molecular flexibility index (Phi) is 36.1. The number of aromatic carboxylic acids is 1. The van der Waals surface area contributed by atoms with Crippen LogP contribution in [0, 0.1) is 41.8 Å². The molecule has 27 heteroatoms. The van der Waals surface area contributed by atoms with Gasteiger partial charge in [0.15, 0.2) is 0 Å². The molecule has 6 N–H and O–H groups in total. The number of phenols is 2. The predicted molar refractivity (Wildman–Crippen MR) is 494 cm³/mol. The number of carbonyl (C=O) groups excluding carboxylic acids is 3. The molecule has 4 aromatic heterocycles. The molecule has 6 heterocycles. The third-order valence-corrected chi connectivity index (χ3v) is 22.0. The summed E-state index contributed by atoms with van der Waals surface area (Å²) < 4.78 is 34.9. The molecule has 0 spiro atoms. The van der Waals surface area contributed by atoms with Crippen LogP contribution in [0.25, 0.3) is 67.3 Å². The highest BCUT2D eigenvalue weighted by Crippen LogP contribution is 2.45. The van der Waals surface area contributed by atoms with Crippen molar-refractivity contribution >= 4 is 108 Å². The first-order valence-corrected chi connectivity index (χ1v) is 41.6. The molecule has 2 aliphatic heterocycles. The van der Waals surface area contributed by atoms with Crippen LogP contribution in [0.15, 0.2) is 133 Å². The van der Waals surface area contributed by atoms with Crippen molar-refractivity contribution in [1.82, 2.24) is 46.4 Å². The van der Waals surface area contributed by atoms with E-state index in [1.165, 1.54) is 57.6 Å². The van der Waals surface area contributed by atoms with Crippen molar-refractivity contribution < 1.29 is 58.7 Å². The monoisotopic (exact) mass is 1890 g/mol. The minimum absolute atomic E-state index is 0. The van der Waals surface area contributed by atoms with Gasteiger partial charge in [-0.2, -0.15) is 34.4 Å². The molecule has 7 aromatic carbocycles. The zero-order valence-corrected chi connectivity index (χ0v) is 75.7. The standard InChI is InChI=1S/C26H31N3O2.C24H27N3O4.C21H20INO4.C16H19IN2O2.C2H6.2CH4.BCl3/c1-15(2)21-13-22(17(4)11-16(21)3)24-23(25(31-28-24)26(30)27-5)19-7-8-20-14-29(6)10-9-18(20)12-19;1-13(2)17-10-18(20(29)11-19(17)28)22-21(23(31-26-22)24(30)25-3)15-5-6-16-12-27(4)8-7-14(16)9-15;1-12(2)15-10-16(19-18(22)20(21(24)25)27-23-19)17(9-13(15)3)26-11-14-7-5-4-6-8-14;1-8(2)11-7-12(10(4)6-9(11)3)14-13(17)15(21-19-14)16(20)18-5;1-2;;;2-1(3)4/h7-8,11-13,15H,9-10,14H2,1-6H3,(H,27,30);5-6,9-11,13,28-29H,7-8,12H2,1-4H3,(H,25,30);4-10,12H,11H2,1-3H3,(H,24,25);6-8H,1-5H3,(H,18,20);1-2H3;2*1H4;/i;;;;1D;;;. The molecule has 118 heavy (non-hydrogen) atoms. The van der Waals surface area contributed by atoms with Crippen molar-refractivity contribution in [2.24, 2.45) is 0 Å². The molecule has 2 aliphatic rings. The van der Waals surface area contributed by atoms with E-state index in [0.717, 1.165) is 115 Å². The van der Waals surface area contributed by atoms with Gasteiger partial charge in [-0.05, 0) is 250 Å². The molecule has 0 radical (unpaired) electrons. The van der Waals surface area contributed by atoms with E-state index in [9.17, 15) is 34.5 Å². The highest BCUT2D eigenvalue weighted by Gasteiger charge is 2.32. The van der Waals surface area contributed by atoms with Crippen molar-refractivity contribution in [1.29, 1.82) is 0 Å². The number of nitrogens with one attached hydrogen (secondary N) is 3. The number of halogens is 5. The van der Waals surface area contributed by atoms with Gasteiger partial charge in [0.05, 0.1) is 18.3 Å². The van der Waals surface area contributed by atoms with Gasteiger partial charge in [-0.3, -0.25) is 14.4 Å². The Morgan fingerprint density at radius 3 is 1.29 bits per heavy atom. The Morgan fingerprint density at radius 2 is 0.864 bits per heavy atom. The highest BCUT2D eigenvalue weighted by molar-refractivity contribution is 14.1. The quantitative estimate of drug-likeness (QED) is 0.0365. The number of aromatic hydroxyl groups is 2. The Labute approximate surface area is 738 Å². The van der Waals surface area contributed by atoms with Crippen molar-refractivity contribution in [3.8, 4) is 84.5 Å². The summed E-state index contributed by atoms with van der Waals surface area (Å²) in [6.45, 7) is 33.9. The van der Waals surface area contributed by atoms with E-state index >= 15 is 0 Å². The molecule has 13 rings (SSSR count). The van der Waals surface area contributed by atoms with Crippen LogP contribution in [0.5, 0.6) is 17.2 Å². The second-order valence-corrected chi connectivity index (χ2v) is 33.8. The molecule has 0 saturated heterocycles. The van der Waals surface area contributed by atoms with Crippen molar-refractivity contribution in [2.75, 3.05) is 48.3 Å². The van der Waals surface area contributed by atoms with Gasteiger partial charge in [0.1, 0.15) is 46.6 Å². The second kappa shape index (κ2) is 44.3. The smallest absolute Gasteiger partial charge is 0.450 e. The molecule has 630 valence electrons. The summed E-state index contributed by atoms with van der Waals surface area (Å²) in [7, 11) is 8.97. The number of rotatable bonds is 17.